The van der Waals surface area contributed by atoms with Crippen molar-refractivity contribution >= 4 is 0 Å². The molecule has 0 amide bonds. The summed E-state index contributed by atoms with van der Waals surface area (Å²) in [6.45, 7) is 3.70. The zero-order chi connectivity index (χ0) is 19.1. The minimum absolute atomic E-state index is 0.665. The molecule has 3 aromatic carbocycles. The fourth-order valence-electron chi connectivity index (χ4n) is 3.04. The Morgan fingerprint density at radius 1 is 0.741 bits per heavy atom. The van der Waals surface area contributed by atoms with Crippen LogP contribution in [0.15, 0.2) is 66.7 Å². The normalized spacial score (nSPS) is 10.9. The Labute approximate surface area is 159 Å². The van der Waals surface area contributed by atoms with Crippen molar-refractivity contribution in [3.05, 3.63) is 83.9 Å². The first kappa shape index (κ1) is 19.2. The van der Waals surface area contributed by atoms with Gasteiger partial charge in [-0.15, -0.1) is 0 Å². The third kappa shape index (κ3) is 5.01. The summed E-state index contributed by atoms with van der Waals surface area (Å²) in [6, 6.07) is 20.1. The van der Waals surface area contributed by atoms with Crippen molar-refractivity contribution in [1.82, 2.24) is 0 Å². The molecule has 0 aromatic heterocycles. The molecule has 1 nitrogen and oxygen atoms in total. The largest absolute Gasteiger partial charge is 0.381 e. The van der Waals surface area contributed by atoms with Gasteiger partial charge in [-0.1, -0.05) is 67.9 Å². The van der Waals surface area contributed by atoms with Gasteiger partial charge in [-0.05, 0) is 52.8 Å². The zero-order valence-corrected chi connectivity index (χ0v) is 15.6. The summed E-state index contributed by atoms with van der Waals surface area (Å²) < 4.78 is 32.6. The third-order valence-electron chi connectivity index (χ3n) is 4.60. The topological polar surface area (TPSA) is 9.23 Å². The molecule has 140 valence electrons. The highest BCUT2D eigenvalue weighted by Gasteiger charge is 2.10. The van der Waals surface area contributed by atoms with E-state index in [1.165, 1.54) is 17.7 Å². The van der Waals surface area contributed by atoms with Crippen LogP contribution in [0.5, 0.6) is 0 Å². The predicted molar refractivity (Wildman–Crippen MR) is 107 cm³/mol. The number of ether oxygens (including phenoxy) is 1. The molecule has 0 atom stereocenters. The Balaban J connectivity index is 1.78. The maximum absolute atomic E-state index is 13.7. The van der Waals surface area contributed by atoms with Gasteiger partial charge in [0, 0.05) is 6.61 Å². The smallest absolute Gasteiger partial charge is 0.159 e. The van der Waals surface area contributed by atoms with E-state index in [4.69, 9.17) is 4.74 Å². The van der Waals surface area contributed by atoms with Crippen LogP contribution in [-0.4, -0.2) is 13.2 Å². The van der Waals surface area contributed by atoms with Crippen LogP contribution in [-0.2, 0) is 11.2 Å². The second-order valence-electron chi connectivity index (χ2n) is 6.59. The average molecular weight is 366 g/mol. The standard InChI is InChI=1S/C24H24F2O/c1-2-3-15-27-16-14-18-8-10-19(11-9-18)21-6-4-5-7-22(21)20-12-13-23(25)24(26)17-20/h4-13,17H,2-3,14-16H2,1H3. The van der Waals surface area contributed by atoms with Gasteiger partial charge in [0.2, 0.25) is 0 Å². The van der Waals surface area contributed by atoms with E-state index in [1.54, 1.807) is 6.07 Å². The second-order valence-corrected chi connectivity index (χ2v) is 6.59. The van der Waals surface area contributed by atoms with Crippen molar-refractivity contribution in [1.29, 1.82) is 0 Å². The molecule has 3 heteroatoms. The average Bonchev–Trinajstić information content (AvgIpc) is 2.70. The van der Waals surface area contributed by atoms with Gasteiger partial charge in [0.1, 0.15) is 0 Å². The highest BCUT2D eigenvalue weighted by Crippen LogP contribution is 2.32. The molecule has 0 aliphatic heterocycles. The van der Waals surface area contributed by atoms with E-state index in [1.807, 2.05) is 24.3 Å². The third-order valence-corrected chi connectivity index (χ3v) is 4.60. The van der Waals surface area contributed by atoms with Crippen molar-refractivity contribution in [2.75, 3.05) is 13.2 Å². The fraction of sp³-hybridized carbons (Fsp3) is 0.250. The highest BCUT2D eigenvalue weighted by atomic mass is 19.2. The van der Waals surface area contributed by atoms with Gasteiger partial charge in [-0.2, -0.15) is 0 Å². The van der Waals surface area contributed by atoms with E-state index in [0.717, 1.165) is 49.2 Å². The first-order chi connectivity index (χ1) is 13.2. The Hall–Kier alpha value is -2.52. The first-order valence-corrected chi connectivity index (χ1v) is 9.40. The molecule has 0 aliphatic carbocycles. The zero-order valence-electron chi connectivity index (χ0n) is 15.6. The molecule has 0 fully saturated rings. The van der Waals surface area contributed by atoms with Crippen LogP contribution in [0.1, 0.15) is 25.3 Å². The monoisotopic (exact) mass is 366 g/mol. The lowest BCUT2D eigenvalue weighted by molar-refractivity contribution is 0.134. The van der Waals surface area contributed by atoms with Gasteiger partial charge in [-0.3, -0.25) is 0 Å². The predicted octanol–water partition coefficient (Wildman–Crippen LogP) is 6.66. The summed E-state index contributed by atoms with van der Waals surface area (Å²) in [5, 5.41) is 0. The summed E-state index contributed by atoms with van der Waals surface area (Å²) >= 11 is 0. The fourth-order valence-corrected chi connectivity index (χ4v) is 3.04. The number of rotatable bonds is 8. The molecule has 0 bridgehead atoms. The summed E-state index contributed by atoms with van der Waals surface area (Å²) in [6.07, 6.45) is 3.13. The first-order valence-electron chi connectivity index (χ1n) is 9.40. The Kier molecular flexibility index (Phi) is 6.72. The van der Waals surface area contributed by atoms with E-state index in [2.05, 4.69) is 31.2 Å². The van der Waals surface area contributed by atoms with E-state index in [9.17, 15) is 8.78 Å². The van der Waals surface area contributed by atoms with Crippen molar-refractivity contribution in [2.45, 2.75) is 26.2 Å². The molecule has 0 radical (unpaired) electrons. The lowest BCUT2D eigenvalue weighted by atomic mass is 9.94. The molecule has 0 heterocycles. The molecule has 0 N–H and O–H groups in total. The minimum atomic E-state index is -0.833. The molecule has 0 saturated heterocycles. The van der Waals surface area contributed by atoms with Gasteiger partial charge in [0.15, 0.2) is 11.6 Å². The molecule has 3 aromatic rings. The van der Waals surface area contributed by atoms with Gasteiger partial charge >= 0.3 is 0 Å². The van der Waals surface area contributed by atoms with Crippen LogP contribution in [0.25, 0.3) is 22.3 Å². The molecule has 0 spiro atoms. The van der Waals surface area contributed by atoms with Crippen LogP contribution in [0.2, 0.25) is 0 Å². The summed E-state index contributed by atoms with van der Waals surface area (Å²) in [5.74, 6) is -1.66. The highest BCUT2D eigenvalue weighted by molar-refractivity contribution is 5.83. The summed E-state index contributed by atoms with van der Waals surface area (Å²) in [7, 11) is 0. The Morgan fingerprint density at radius 2 is 1.41 bits per heavy atom. The molecule has 0 saturated carbocycles. The number of hydrogen-bond acceptors (Lipinski definition) is 1. The maximum atomic E-state index is 13.7. The van der Waals surface area contributed by atoms with Crippen molar-refractivity contribution < 1.29 is 13.5 Å². The summed E-state index contributed by atoms with van der Waals surface area (Å²) in [4.78, 5) is 0. The lowest BCUT2D eigenvalue weighted by Crippen LogP contribution is -2.00. The van der Waals surface area contributed by atoms with Crippen molar-refractivity contribution in [3.63, 3.8) is 0 Å². The lowest BCUT2D eigenvalue weighted by Gasteiger charge is -2.11. The van der Waals surface area contributed by atoms with E-state index >= 15 is 0 Å². The molecular formula is C24H24F2O. The van der Waals surface area contributed by atoms with Crippen molar-refractivity contribution in [2.24, 2.45) is 0 Å². The van der Waals surface area contributed by atoms with Crippen LogP contribution in [0.3, 0.4) is 0 Å². The van der Waals surface area contributed by atoms with E-state index in [-0.39, 0.29) is 0 Å². The molecular weight excluding hydrogens is 342 g/mol. The quantitative estimate of drug-likeness (QED) is 0.405. The molecule has 3 rings (SSSR count). The van der Waals surface area contributed by atoms with Gasteiger partial charge in [0.05, 0.1) is 6.61 Å². The number of unbranched alkanes of at least 4 members (excludes halogenated alkanes) is 1. The van der Waals surface area contributed by atoms with Crippen LogP contribution in [0.4, 0.5) is 8.78 Å². The van der Waals surface area contributed by atoms with Gasteiger partial charge in [-0.25, -0.2) is 8.78 Å². The Morgan fingerprint density at radius 3 is 2.07 bits per heavy atom. The Bertz CT molecular complexity index is 872. The van der Waals surface area contributed by atoms with Crippen LogP contribution in [0, 0.1) is 11.6 Å². The SMILES string of the molecule is CCCCOCCc1ccc(-c2ccccc2-c2ccc(F)c(F)c2)cc1. The van der Waals surface area contributed by atoms with Crippen molar-refractivity contribution in [3.8, 4) is 22.3 Å². The molecule has 27 heavy (non-hydrogen) atoms. The second kappa shape index (κ2) is 9.43. The van der Waals surface area contributed by atoms with Crippen LogP contribution < -0.4 is 0 Å². The molecule has 0 unspecified atom stereocenters. The molecule has 0 aliphatic rings. The van der Waals surface area contributed by atoms with Gasteiger partial charge < -0.3 is 4.74 Å². The van der Waals surface area contributed by atoms with Gasteiger partial charge in [0.25, 0.3) is 0 Å². The number of halogens is 2. The van der Waals surface area contributed by atoms with E-state index < -0.39 is 11.6 Å². The number of hydrogen-bond donors (Lipinski definition) is 0. The van der Waals surface area contributed by atoms with E-state index in [0.29, 0.717) is 5.56 Å². The minimum Gasteiger partial charge on any atom is -0.381 e. The summed E-state index contributed by atoms with van der Waals surface area (Å²) in [5.41, 5.74) is 4.81. The number of benzene rings is 3. The maximum Gasteiger partial charge on any atom is 0.159 e. The van der Waals surface area contributed by atoms with Crippen LogP contribution >= 0.6 is 0 Å².